The number of anilines is 1. The molecule has 198 valence electrons. The van der Waals surface area contributed by atoms with E-state index >= 15 is 0 Å². The lowest BCUT2D eigenvalue weighted by atomic mass is 10.1. The Morgan fingerprint density at radius 1 is 0.897 bits per heavy atom. The predicted molar refractivity (Wildman–Crippen MR) is 147 cm³/mol. The van der Waals surface area contributed by atoms with Crippen molar-refractivity contribution in [2.45, 2.75) is 30.3 Å². The third-order valence-electron chi connectivity index (χ3n) is 6.94. The number of hydrogen-bond acceptors (Lipinski definition) is 6. The van der Waals surface area contributed by atoms with E-state index in [-0.39, 0.29) is 22.6 Å². The van der Waals surface area contributed by atoms with E-state index in [9.17, 15) is 22.8 Å². The molecule has 0 saturated carbocycles. The molecule has 4 aromatic rings. The topological polar surface area (TPSA) is 101 Å². The Balaban J connectivity index is 1.57. The zero-order valence-corrected chi connectivity index (χ0v) is 22.2. The van der Waals surface area contributed by atoms with Gasteiger partial charge in [-0.05, 0) is 59.7 Å². The number of carbonyl (C=O) groups is 3. The molecule has 0 aliphatic carbocycles. The van der Waals surface area contributed by atoms with Crippen molar-refractivity contribution >= 4 is 44.3 Å². The molecule has 1 saturated heterocycles. The van der Waals surface area contributed by atoms with Crippen LogP contribution in [0.15, 0.2) is 102 Å². The number of esters is 1. The molecule has 2 amide bonds. The maximum Gasteiger partial charge on any atom is 0.337 e. The Morgan fingerprint density at radius 2 is 1.54 bits per heavy atom. The van der Waals surface area contributed by atoms with Crippen molar-refractivity contribution in [2.75, 3.05) is 12.0 Å². The first-order valence-corrected chi connectivity index (χ1v) is 13.8. The highest BCUT2D eigenvalue weighted by molar-refractivity contribution is 7.89. The van der Waals surface area contributed by atoms with Crippen molar-refractivity contribution in [2.24, 2.45) is 0 Å². The summed E-state index contributed by atoms with van der Waals surface area (Å²) in [5.74, 6) is -1.74. The highest BCUT2D eigenvalue weighted by Gasteiger charge is 2.49. The van der Waals surface area contributed by atoms with Crippen LogP contribution in [-0.4, -0.2) is 43.7 Å². The fraction of sp³-hybridized carbons (Fsp3) is 0.167. The van der Waals surface area contributed by atoms with E-state index in [2.05, 4.69) is 0 Å². The van der Waals surface area contributed by atoms with Gasteiger partial charge in [0.25, 0.3) is 5.91 Å². The zero-order valence-electron chi connectivity index (χ0n) is 21.4. The van der Waals surface area contributed by atoms with E-state index in [1.807, 2.05) is 30.3 Å². The lowest BCUT2D eigenvalue weighted by Crippen LogP contribution is -2.46. The molecule has 0 N–H and O–H groups in total. The summed E-state index contributed by atoms with van der Waals surface area (Å²) in [5.41, 5.74) is 1.19. The molecule has 1 aliphatic heterocycles. The van der Waals surface area contributed by atoms with Crippen molar-refractivity contribution in [1.29, 1.82) is 0 Å². The monoisotopic (exact) mass is 542 g/mol. The van der Waals surface area contributed by atoms with Crippen LogP contribution in [-0.2, 0) is 24.3 Å². The molecule has 0 spiro atoms. The van der Waals surface area contributed by atoms with Crippen LogP contribution in [0.25, 0.3) is 10.8 Å². The van der Waals surface area contributed by atoms with E-state index in [0.717, 1.165) is 20.0 Å². The Kier molecular flexibility index (Phi) is 7.03. The van der Waals surface area contributed by atoms with Crippen molar-refractivity contribution in [3.8, 4) is 0 Å². The molecule has 8 nitrogen and oxygen atoms in total. The smallest absolute Gasteiger partial charge is 0.337 e. The first-order valence-electron chi connectivity index (χ1n) is 12.3. The average Bonchev–Trinajstić information content (AvgIpc) is 3.25. The first kappa shape index (κ1) is 26.3. The maximum absolute atomic E-state index is 14.2. The summed E-state index contributed by atoms with van der Waals surface area (Å²) in [6.07, 6.45) is -0.318. The van der Waals surface area contributed by atoms with E-state index in [1.54, 1.807) is 43.3 Å². The summed E-state index contributed by atoms with van der Waals surface area (Å²) < 4.78 is 34.3. The number of fused-ring (bicyclic) bond motifs is 1. The minimum Gasteiger partial charge on any atom is -0.465 e. The standard InChI is InChI=1S/C30H26N2O6S/c1-20(21-8-4-3-5-9-21)32(39(36,37)26-17-14-22-10-6-7-11-24(22)18-26)27-19-28(33)31(29(27)34)25-15-12-23(13-16-25)30(35)38-2/h3-18,20,27H,19H2,1-2H3. The molecule has 0 bridgehead atoms. The first-order chi connectivity index (χ1) is 18.7. The lowest BCUT2D eigenvalue weighted by Gasteiger charge is -2.32. The van der Waals surface area contributed by atoms with E-state index in [0.29, 0.717) is 5.56 Å². The highest BCUT2D eigenvalue weighted by atomic mass is 32.2. The molecule has 5 rings (SSSR count). The number of ether oxygens (including phenoxy) is 1. The van der Waals surface area contributed by atoms with Crippen LogP contribution in [0, 0.1) is 0 Å². The fourth-order valence-electron chi connectivity index (χ4n) is 4.92. The van der Waals surface area contributed by atoms with E-state index in [4.69, 9.17) is 4.74 Å². The molecule has 39 heavy (non-hydrogen) atoms. The Bertz CT molecular complexity index is 1670. The van der Waals surface area contributed by atoms with Crippen molar-refractivity contribution in [3.63, 3.8) is 0 Å². The predicted octanol–water partition coefficient (Wildman–Crippen LogP) is 4.71. The fourth-order valence-corrected chi connectivity index (χ4v) is 6.72. The number of amides is 2. The molecule has 2 atom stereocenters. The Morgan fingerprint density at radius 3 is 2.21 bits per heavy atom. The number of carbonyl (C=O) groups excluding carboxylic acids is 3. The van der Waals surface area contributed by atoms with Gasteiger partial charge in [0.15, 0.2) is 0 Å². The maximum atomic E-state index is 14.2. The second-order valence-corrected chi connectivity index (χ2v) is 11.1. The summed E-state index contributed by atoms with van der Waals surface area (Å²) in [7, 11) is -2.98. The van der Waals surface area contributed by atoms with Gasteiger partial charge >= 0.3 is 5.97 Å². The van der Waals surface area contributed by atoms with Gasteiger partial charge in [0.05, 0.1) is 29.7 Å². The molecule has 1 heterocycles. The van der Waals surface area contributed by atoms with Gasteiger partial charge in [0, 0.05) is 6.04 Å². The quantitative estimate of drug-likeness (QED) is 0.248. The lowest BCUT2D eigenvalue weighted by molar-refractivity contribution is -0.122. The molecule has 9 heteroatoms. The van der Waals surface area contributed by atoms with Crippen molar-refractivity contribution in [1.82, 2.24) is 4.31 Å². The number of benzene rings is 4. The van der Waals surface area contributed by atoms with Crippen LogP contribution >= 0.6 is 0 Å². The molecule has 0 aromatic heterocycles. The Hall–Kier alpha value is -4.34. The normalized spacial score (nSPS) is 16.6. The van der Waals surface area contributed by atoms with Gasteiger partial charge in [-0.2, -0.15) is 4.31 Å². The van der Waals surface area contributed by atoms with Crippen molar-refractivity contribution in [3.05, 3.63) is 108 Å². The minimum atomic E-state index is -4.23. The zero-order chi connectivity index (χ0) is 27.7. The number of hydrogen-bond donors (Lipinski definition) is 0. The third-order valence-corrected chi connectivity index (χ3v) is 8.91. The average molecular weight is 543 g/mol. The van der Waals surface area contributed by atoms with Crippen LogP contribution in [0.2, 0.25) is 0 Å². The minimum absolute atomic E-state index is 0.0325. The van der Waals surface area contributed by atoms with Crippen LogP contribution in [0.1, 0.15) is 35.3 Å². The SMILES string of the molecule is COC(=O)c1ccc(N2C(=O)CC(N(C(C)c3ccccc3)S(=O)(=O)c3ccc4ccccc4c3)C2=O)cc1. The molecule has 2 unspecified atom stereocenters. The van der Waals surface area contributed by atoms with Gasteiger partial charge < -0.3 is 4.74 Å². The number of imide groups is 1. The summed E-state index contributed by atoms with van der Waals surface area (Å²) in [6, 6.07) is 25.1. The molecule has 1 aliphatic rings. The highest BCUT2D eigenvalue weighted by Crippen LogP contribution is 2.36. The van der Waals surface area contributed by atoms with Crippen LogP contribution in [0.5, 0.6) is 0 Å². The molecule has 4 aromatic carbocycles. The van der Waals surface area contributed by atoms with Gasteiger partial charge in [-0.3, -0.25) is 9.59 Å². The summed E-state index contributed by atoms with van der Waals surface area (Å²) >= 11 is 0. The summed E-state index contributed by atoms with van der Waals surface area (Å²) in [6.45, 7) is 1.71. The number of methoxy groups -OCH3 is 1. The van der Waals surface area contributed by atoms with Crippen LogP contribution in [0.4, 0.5) is 5.69 Å². The van der Waals surface area contributed by atoms with Gasteiger partial charge in [0.1, 0.15) is 6.04 Å². The molecule has 0 radical (unpaired) electrons. The van der Waals surface area contributed by atoms with E-state index in [1.165, 1.54) is 37.4 Å². The Labute approximate surface area is 226 Å². The van der Waals surface area contributed by atoms with Gasteiger partial charge in [-0.1, -0.05) is 60.7 Å². The largest absolute Gasteiger partial charge is 0.465 e. The van der Waals surface area contributed by atoms with Gasteiger partial charge in [-0.15, -0.1) is 0 Å². The molecular formula is C30H26N2O6S. The number of nitrogens with zero attached hydrogens (tertiary/aromatic N) is 2. The van der Waals surface area contributed by atoms with Gasteiger partial charge in [0.2, 0.25) is 15.9 Å². The number of sulfonamides is 1. The van der Waals surface area contributed by atoms with E-state index < -0.39 is 39.9 Å². The number of rotatable bonds is 7. The van der Waals surface area contributed by atoms with Crippen LogP contribution < -0.4 is 4.90 Å². The summed E-state index contributed by atoms with van der Waals surface area (Å²) in [4.78, 5) is 39.8. The van der Waals surface area contributed by atoms with Crippen molar-refractivity contribution < 1.29 is 27.5 Å². The second-order valence-electron chi connectivity index (χ2n) is 9.26. The molecular weight excluding hydrogens is 516 g/mol. The summed E-state index contributed by atoms with van der Waals surface area (Å²) in [5, 5.41) is 1.62. The van der Waals surface area contributed by atoms with Gasteiger partial charge in [-0.25, -0.2) is 18.1 Å². The third kappa shape index (κ3) is 4.82. The second kappa shape index (κ2) is 10.4. The molecule has 1 fully saturated rings. The van der Waals surface area contributed by atoms with Crippen LogP contribution in [0.3, 0.4) is 0 Å².